The molecule has 2 rings (SSSR count). The zero-order valence-electron chi connectivity index (χ0n) is 9.66. The molecule has 0 bridgehead atoms. The molecule has 0 aliphatic carbocycles. The van der Waals surface area contributed by atoms with Crippen LogP contribution >= 0.6 is 22.9 Å². The van der Waals surface area contributed by atoms with Gasteiger partial charge in [-0.2, -0.15) is 0 Å². The molecule has 0 aliphatic rings. The molecule has 0 saturated carbocycles. The van der Waals surface area contributed by atoms with Gasteiger partial charge in [-0.1, -0.05) is 11.6 Å². The van der Waals surface area contributed by atoms with Gasteiger partial charge in [-0.25, -0.2) is 4.98 Å². The maximum Gasteiger partial charge on any atom is 0.142 e. The van der Waals surface area contributed by atoms with Gasteiger partial charge in [0.05, 0.1) is 11.4 Å². The monoisotopic (exact) mass is 268 g/mol. The van der Waals surface area contributed by atoms with E-state index in [1.54, 1.807) is 29.5 Å². The van der Waals surface area contributed by atoms with Crippen LogP contribution in [0.1, 0.15) is 15.6 Å². The van der Waals surface area contributed by atoms with E-state index in [0.717, 1.165) is 10.7 Å². The molecule has 5 heteroatoms. The average molecular weight is 269 g/mol. The van der Waals surface area contributed by atoms with Gasteiger partial charge in [-0.05, 0) is 32.0 Å². The molecule has 0 saturated heterocycles. The molecule has 2 N–H and O–H groups in total. The number of thiazole rings is 1. The number of anilines is 1. The van der Waals surface area contributed by atoms with Crippen molar-refractivity contribution in [3.05, 3.63) is 38.8 Å². The van der Waals surface area contributed by atoms with Crippen LogP contribution < -0.4 is 10.5 Å². The molecule has 0 amide bonds. The van der Waals surface area contributed by atoms with Crippen LogP contribution in [0, 0.1) is 13.8 Å². The minimum atomic E-state index is 0.436. The maximum atomic E-state index is 5.81. The average Bonchev–Trinajstić information content (AvgIpc) is 2.57. The summed E-state index contributed by atoms with van der Waals surface area (Å²) in [5, 5.41) is 1.56. The van der Waals surface area contributed by atoms with E-state index >= 15 is 0 Å². The summed E-state index contributed by atoms with van der Waals surface area (Å²) in [4.78, 5) is 5.61. The molecule has 0 aliphatic heterocycles. The molecular weight excluding hydrogens is 256 g/mol. The van der Waals surface area contributed by atoms with Gasteiger partial charge < -0.3 is 10.5 Å². The topological polar surface area (TPSA) is 48.1 Å². The fourth-order valence-electron chi connectivity index (χ4n) is 1.39. The maximum absolute atomic E-state index is 5.81. The van der Waals surface area contributed by atoms with Crippen LogP contribution in [0.25, 0.3) is 0 Å². The Morgan fingerprint density at radius 1 is 1.41 bits per heavy atom. The first-order chi connectivity index (χ1) is 8.06. The zero-order chi connectivity index (χ0) is 12.4. The third-order valence-electron chi connectivity index (χ3n) is 2.40. The molecule has 0 spiro atoms. The number of nitrogens with two attached hydrogens (primary N) is 1. The van der Waals surface area contributed by atoms with Crippen molar-refractivity contribution in [1.29, 1.82) is 0 Å². The highest BCUT2D eigenvalue weighted by Gasteiger charge is 2.06. The van der Waals surface area contributed by atoms with Gasteiger partial charge in [0.15, 0.2) is 0 Å². The second-order valence-corrected chi connectivity index (χ2v) is 5.44. The summed E-state index contributed by atoms with van der Waals surface area (Å²) >= 11 is 7.45. The van der Waals surface area contributed by atoms with Crippen LogP contribution in [-0.4, -0.2) is 4.98 Å². The Hall–Kier alpha value is -1.26. The number of benzene rings is 1. The first kappa shape index (κ1) is 12.2. The lowest BCUT2D eigenvalue weighted by atomic mass is 10.3. The number of nitrogens with zero attached hydrogens (tertiary/aromatic N) is 1. The molecule has 3 nitrogen and oxygen atoms in total. The molecule has 1 aromatic heterocycles. The number of rotatable bonds is 3. The van der Waals surface area contributed by atoms with Gasteiger partial charge in [0, 0.05) is 9.90 Å². The number of hydrogen-bond acceptors (Lipinski definition) is 4. The quantitative estimate of drug-likeness (QED) is 0.866. The van der Waals surface area contributed by atoms with Crippen molar-refractivity contribution >= 4 is 28.6 Å². The Morgan fingerprint density at radius 2 is 2.18 bits per heavy atom. The van der Waals surface area contributed by atoms with Gasteiger partial charge in [0.1, 0.15) is 17.4 Å². The summed E-state index contributed by atoms with van der Waals surface area (Å²) < 4.78 is 5.61. The summed E-state index contributed by atoms with van der Waals surface area (Å²) in [5.41, 5.74) is 7.39. The number of hydrogen-bond donors (Lipinski definition) is 1. The SMILES string of the molecule is Cc1nc(COc2ccc(Cl)cc2N)sc1C. The Balaban J connectivity index is 2.07. The molecule has 2 aromatic rings. The van der Waals surface area contributed by atoms with Crippen molar-refractivity contribution < 1.29 is 4.74 Å². The van der Waals surface area contributed by atoms with Gasteiger partial charge in [-0.15, -0.1) is 11.3 Å². The second kappa shape index (κ2) is 4.94. The molecule has 0 radical (unpaired) electrons. The highest BCUT2D eigenvalue weighted by molar-refractivity contribution is 7.11. The minimum Gasteiger partial charge on any atom is -0.484 e. The van der Waals surface area contributed by atoms with Gasteiger partial charge in [0.25, 0.3) is 0 Å². The van der Waals surface area contributed by atoms with Crippen LogP contribution in [0.15, 0.2) is 18.2 Å². The Kier molecular flexibility index (Phi) is 3.54. The van der Waals surface area contributed by atoms with Crippen LogP contribution in [-0.2, 0) is 6.61 Å². The highest BCUT2D eigenvalue weighted by Crippen LogP contribution is 2.26. The molecule has 17 heavy (non-hydrogen) atoms. The molecule has 90 valence electrons. The molecule has 1 aromatic carbocycles. The number of aromatic nitrogens is 1. The first-order valence-electron chi connectivity index (χ1n) is 5.17. The molecule has 0 fully saturated rings. The fourth-order valence-corrected chi connectivity index (χ4v) is 2.42. The van der Waals surface area contributed by atoms with Gasteiger partial charge in [-0.3, -0.25) is 0 Å². The molecule has 1 heterocycles. The largest absolute Gasteiger partial charge is 0.484 e. The molecule has 0 unspecified atom stereocenters. The number of halogens is 1. The second-order valence-electron chi connectivity index (χ2n) is 3.72. The summed E-state index contributed by atoms with van der Waals surface area (Å²) in [6.07, 6.45) is 0. The summed E-state index contributed by atoms with van der Waals surface area (Å²) in [6, 6.07) is 5.20. The highest BCUT2D eigenvalue weighted by atomic mass is 35.5. The smallest absolute Gasteiger partial charge is 0.142 e. The van der Waals surface area contributed by atoms with E-state index in [0.29, 0.717) is 23.1 Å². The number of aryl methyl sites for hydroxylation is 2. The summed E-state index contributed by atoms with van der Waals surface area (Å²) in [7, 11) is 0. The minimum absolute atomic E-state index is 0.436. The van der Waals surface area contributed by atoms with E-state index < -0.39 is 0 Å². The van der Waals surface area contributed by atoms with E-state index in [-0.39, 0.29) is 0 Å². The number of ether oxygens (including phenoxy) is 1. The lowest BCUT2D eigenvalue weighted by Crippen LogP contribution is -1.98. The van der Waals surface area contributed by atoms with Gasteiger partial charge >= 0.3 is 0 Å². The van der Waals surface area contributed by atoms with E-state index in [1.807, 2.05) is 13.8 Å². The van der Waals surface area contributed by atoms with Crippen molar-refractivity contribution in [2.24, 2.45) is 0 Å². The van der Waals surface area contributed by atoms with E-state index in [1.165, 1.54) is 4.88 Å². The van der Waals surface area contributed by atoms with Crippen LogP contribution in [0.2, 0.25) is 5.02 Å². The lowest BCUT2D eigenvalue weighted by Gasteiger charge is -2.07. The Labute approximate surface area is 109 Å². The third kappa shape index (κ3) is 2.90. The van der Waals surface area contributed by atoms with Crippen LogP contribution in [0.3, 0.4) is 0 Å². The van der Waals surface area contributed by atoms with E-state index in [4.69, 9.17) is 22.1 Å². The van der Waals surface area contributed by atoms with Crippen LogP contribution in [0.5, 0.6) is 5.75 Å². The summed E-state index contributed by atoms with van der Waals surface area (Å²) in [5.74, 6) is 0.639. The normalized spacial score (nSPS) is 10.5. The predicted octanol–water partition coefficient (Wildman–Crippen LogP) is 3.57. The lowest BCUT2D eigenvalue weighted by molar-refractivity contribution is 0.307. The van der Waals surface area contributed by atoms with E-state index in [2.05, 4.69) is 4.98 Å². The molecule has 0 atom stereocenters. The van der Waals surface area contributed by atoms with Crippen molar-refractivity contribution in [1.82, 2.24) is 4.98 Å². The third-order valence-corrected chi connectivity index (χ3v) is 3.68. The number of nitrogen functional groups attached to an aromatic ring is 1. The van der Waals surface area contributed by atoms with Crippen molar-refractivity contribution in [3.8, 4) is 5.75 Å². The fraction of sp³-hybridized carbons (Fsp3) is 0.250. The summed E-state index contributed by atoms with van der Waals surface area (Å²) in [6.45, 7) is 4.48. The van der Waals surface area contributed by atoms with Crippen molar-refractivity contribution in [3.63, 3.8) is 0 Å². The van der Waals surface area contributed by atoms with Gasteiger partial charge in [0.2, 0.25) is 0 Å². The Bertz CT molecular complexity index is 520. The predicted molar refractivity (Wildman–Crippen MR) is 71.8 cm³/mol. The van der Waals surface area contributed by atoms with Crippen molar-refractivity contribution in [2.45, 2.75) is 20.5 Å². The Morgan fingerprint density at radius 3 is 2.76 bits per heavy atom. The molecular formula is C12H13ClN2OS. The first-order valence-corrected chi connectivity index (χ1v) is 6.36. The zero-order valence-corrected chi connectivity index (χ0v) is 11.2. The van der Waals surface area contributed by atoms with Crippen molar-refractivity contribution in [2.75, 3.05) is 5.73 Å². The van der Waals surface area contributed by atoms with E-state index in [9.17, 15) is 0 Å². The standard InChI is InChI=1S/C12H13ClN2OS/c1-7-8(2)17-12(15-7)6-16-11-4-3-9(13)5-10(11)14/h3-5H,6,14H2,1-2H3. The van der Waals surface area contributed by atoms with Crippen LogP contribution in [0.4, 0.5) is 5.69 Å².